The number of rotatable bonds is 5. The van der Waals surface area contributed by atoms with E-state index in [9.17, 15) is 0 Å². The largest absolute Gasteiger partial charge is 0.310 e. The third kappa shape index (κ3) is 4.47. The molecule has 1 heterocycles. The molecule has 9 aromatic carbocycles. The van der Waals surface area contributed by atoms with Crippen molar-refractivity contribution < 1.29 is 0 Å². The SMILES string of the molecule is c1ccc(-c2cccc3c2c2ccc(N(c4ccccc4)c4ccc5c(c4)C4(c6ccccc6-c6ccccc64)c4ccccc4-5)cc2n3-c2ccccc2)cc1. The average molecular weight is 725 g/mol. The minimum Gasteiger partial charge on any atom is -0.310 e. The lowest BCUT2D eigenvalue weighted by Crippen LogP contribution is -2.26. The first kappa shape index (κ1) is 31.9. The lowest BCUT2D eigenvalue weighted by Gasteiger charge is -2.32. The van der Waals surface area contributed by atoms with Crippen LogP contribution in [0.3, 0.4) is 0 Å². The second-order valence-corrected chi connectivity index (χ2v) is 15.2. The van der Waals surface area contributed by atoms with E-state index in [0.717, 1.165) is 22.7 Å². The molecule has 0 amide bonds. The molecule has 10 aromatic rings. The molecule has 0 radical (unpaired) electrons. The third-order valence-corrected chi connectivity index (χ3v) is 12.4. The second kappa shape index (κ2) is 12.3. The van der Waals surface area contributed by atoms with E-state index in [1.165, 1.54) is 77.4 Å². The zero-order valence-corrected chi connectivity index (χ0v) is 31.2. The van der Waals surface area contributed by atoms with Gasteiger partial charge in [-0.25, -0.2) is 0 Å². The Morgan fingerprint density at radius 3 is 1.49 bits per heavy atom. The van der Waals surface area contributed by atoms with Gasteiger partial charge in [0.1, 0.15) is 0 Å². The van der Waals surface area contributed by atoms with Crippen LogP contribution in [0.15, 0.2) is 218 Å². The first-order chi connectivity index (χ1) is 28.3. The maximum Gasteiger partial charge on any atom is 0.0726 e. The summed E-state index contributed by atoms with van der Waals surface area (Å²) in [5.41, 5.74) is 19.5. The van der Waals surface area contributed by atoms with Gasteiger partial charge in [-0.05, 0) is 110 Å². The molecule has 1 spiro atoms. The van der Waals surface area contributed by atoms with Gasteiger partial charge in [-0.15, -0.1) is 0 Å². The Kier molecular flexibility index (Phi) is 6.88. The van der Waals surface area contributed by atoms with Crippen molar-refractivity contribution in [3.63, 3.8) is 0 Å². The second-order valence-electron chi connectivity index (χ2n) is 15.2. The standard InChI is InChI=1S/C55H36N2/c1-4-17-37(18-5-1)42-26-16-30-52-54(42)47-34-32-41(36-53(47)57(52)39-21-8-3-9-22-39)56(38-19-6-2-7-20-38)40-31-33-46-45-25-12-15-29-50(45)55(51(46)35-40)48-27-13-10-23-43(48)44-24-11-14-28-49(44)55/h1-36H. The normalized spacial score (nSPS) is 13.1. The van der Waals surface area contributed by atoms with Gasteiger partial charge < -0.3 is 9.47 Å². The van der Waals surface area contributed by atoms with Crippen molar-refractivity contribution in [1.29, 1.82) is 0 Å². The monoisotopic (exact) mass is 724 g/mol. The number of hydrogen-bond acceptors (Lipinski definition) is 1. The summed E-state index contributed by atoms with van der Waals surface area (Å²) in [6, 6.07) is 80.4. The molecule has 2 nitrogen and oxygen atoms in total. The van der Waals surface area contributed by atoms with E-state index in [1.807, 2.05) is 0 Å². The van der Waals surface area contributed by atoms with Crippen molar-refractivity contribution in [2.75, 3.05) is 4.90 Å². The smallest absolute Gasteiger partial charge is 0.0726 e. The molecule has 0 N–H and O–H groups in total. The van der Waals surface area contributed by atoms with E-state index >= 15 is 0 Å². The van der Waals surface area contributed by atoms with Crippen molar-refractivity contribution in [3.05, 3.63) is 241 Å². The van der Waals surface area contributed by atoms with E-state index in [0.29, 0.717) is 0 Å². The number of anilines is 3. The molecule has 2 heteroatoms. The van der Waals surface area contributed by atoms with Crippen molar-refractivity contribution >= 4 is 38.9 Å². The zero-order valence-electron chi connectivity index (χ0n) is 31.2. The predicted molar refractivity (Wildman–Crippen MR) is 237 cm³/mol. The highest BCUT2D eigenvalue weighted by atomic mass is 15.1. The molecular weight excluding hydrogens is 689 g/mol. The topological polar surface area (TPSA) is 8.17 Å². The molecule has 0 saturated carbocycles. The molecule has 0 aliphatic heterocycles. The van der Waals surface area contributed by atoms with E-state index in [2.05, 4.69) is 228 Å². The fourth-order valence-corrected chi connectivity index (χ4v) is 10.2. The first-order valence-electron chi connectivity index (χ1n) is 19.8. The van der Waals surface area contributed by atoms with Crippen LogP contribution in [0, 0.1) is 0 Å². The molecule has 0 unspecified atom stereocenters. The summed E-state index contributed by atoms with van der Waals surface area (Å²) in [5, 5.41) is 2.49. The van der Waals surface area contributed by atoms with Gasteiger partial charge in [0.05, 0.1) is 16.4 Å². The van der Waals surface area contributed by atoms with Crippen molar-refractivity contribution in [2.45, 2.75) is 5.41 Å². The van der Waals surface area contributed by atoms with Crippen LogP contribution < -0.4 is 4.90 Å². The van der Waals surface area contributed by atoms with Crippen LogP contribution in [-0.2, 0) is 5.41 Å². The number of aromatic nitrogens is 1. The van der Waals surface area contributed by atoms with Crippen LogP contribution in [-0.4, -0.2) is 4.57 Å². The number of hydrogen-bond donors (Lipinski definition) is 0. The van der Waals surface area contributed by atoms with Gasteiger partial charge in [-0.2, -0.15) is 0 Å². The molecule has 0 saturated heterocycles. The Morgan fingerprint density at radius 1 is 0.333 bits per heavy atom. The van der Waals surface area contributed by atoms with Gasteiger partial charge in [-0.3, -0.25) is 0 Å². The summed E-state index contributed by atoms with van der Waals surface area (Å²) in [6.45, 7) is 0. The van der Waals surface area contributed by atoms with Gasteiger partial charge in [-0.1, -0.05) is 164 Å². The highest BCUT2D eigenvalue weighted by molar-refractivity contribution is 6.16. The molecular formula is C55H36N2. The van der Waals surface area contributed by atoms with Crippen LogP contribution >= 0.6 is 0 Å². The van der Waals surface area contributed by atoms with Crippen LogP contribution in [0.4, 0.5) is 17.1 Å². The maximum atomic E-state index is 2.48. The summed E-state index contributed by atoms with van der Waals surface area (Å²) in [4.78, 5) is 2.44. The Labute approximate surface area is 332 Å². The Hall–Kier alpha value is -7.42. The fourth-order valence-electron chi connectivity index (χ4n) is 10.2. The van der Waals surface area contributed by atoms with Gasteiger partial charge in [0, 0.05) is 33.5 Å². The lowest BCUT2D eigenvalue weighted by atomic mass is 9.70. The molecule has 1 aromatic heterocycles. The minimum atomic E-state index is -0.422. The average Bonchev–Trinajstić information content (AvgIpc) is 3.89. The quantitative estimate of drug-likeness (QED) is 0.172. The molecule has 0 bridgehead atoms. The van der Waals surface area contributed by atoms with Crippen LogP contribution in [0.2, 0.25) is 0 Å². The number of benzene rings is 9. The summed E-state index contributed by atoms with van der Waals surface area (Å²) >= 11 is 0. The predicted octanol–water partition coefficient (Wildman–Crippen LogP) is 14.3. The van der Waals surface area contributed by atoms with Gasteiger partial charge >= 0.3 is 0 Å². The lowest BCUT2D eigenvalue weighted by molar-refractivity contribution is 0.793. The van der Waals surface area contributed by atoms with Crippen LogP contribution in [0.25, 0.3) is 60.9 Å². The summed E-state index contributed by atoms with van der Waals surface area (Å²) in [6.07, 6.45) is 0. The summed E-state index contributed by atoms with van der Waals surface area (Å²) in [7, 11) is 0. The van der Waals surface area contributed by atoms with Gasteiger partial charge in [0.15, 0.2) is 0 Å². The highest BCUT2D eigenvalue weighted by Crippen LogP contribution is 2.63. The zero-order chi connectivity index (χ0) is 37.5. The van der Waals surface area contributed by atoms with Gasteiger partial charge in [0.25, 0.3) is 0 Å². The molecule has 266 valence electrons. The first-order valence-corrected chi connectivity index (χ1v) is 19.8. The minimum absolute atomic E-state index is 0.422. The van der Waals surface area contributed by atoms with E-state index < -0.39 is 5.41 Å². The number of nitrogens with zero attached hydrogens (tertiary/aromatic N) is 2. The maximum absolute atomic E-state index is 2.48. The Bertz CT molecular complexity index is 3110. The van der Waals surface area contributed by atoms with E-state index in [-0.39, 0.29) is 0 Å². The molecule has 2 aliphatic carbocycles. The van der Waals surface area contributed by atoms with Crippen LogP contribution in [0.1, 0.15) is 22.3 Å². The number of fused-ring (bicyclic) bond motifs is 13. The number of para-hydroxylation sites is 2. The molecule has 12 rings (SSSR count). The summed E-state index contributed by atoms with van der Waals surface area (Å²) in [5.74, 6) is 0. The van der Waals surface area contributed by atoms with E-state index in [4.69, 9.17) is 0 Å². The van der Waals surface area contributed by atoms with Crippen molar-refractivity contribution in [2.24, 2.45) is 0 Å². The Balaban J connectivity index is 1.13. The molecule has 2 aliphatic rings. The highest BCUT2D eigenvalue weighted by Gasteiger charge is 2.51. The van der Waals surface area contributed by atoms with Crippen molar-refractivity contribution in [1.82, 2.24) is 4.57 Å². The third-order valence-electron chi connectivity index (χ3n) is 12.4. The summed E-state index contributed by atoms with van der Waals surface area (Å²) < 4.78 is 2.44. The van der Waals surface area contributed by atoms with Gasteiger partial charge in [0.2, 0.25) is 0 Å². The van der Waals surface area contributed by atoms with Crippen molar-refractivity contribution in [3.8, 4) is 39.1 Å². The van der Waals surface area contributed by atoms with E-state index in [1.54, 1.807) is 0 Å². The molecule has 57 heavy (non-hydrogen) atoms. The molecule has 0 fully saturated rings. The Morgan fingerprint density at radius 2 is 0.842 bits per heavy atom. The fraction of sp³-hybridized carbons (Fsp3) is 0.0182. The van der Waals surface area contributed by atoms with Crippen LogP contribution in [0.5, 0.6) is 0 Å². The molecule has 0 atom stereocenters.